The van der Waals surface area contributed by atoms with Crippen LogP contribution in [-0.4, -0.2) is 37.6 Å². The quantitative estimate of drug-likeness (QED) is 0.817. The fourth-order valence-electron chi connectivity index (χ4n) is 2.24. The van der Waals surface area contributed by atoms with Crippen LogP contribution in [0.2, 0.25) is 0 Å². The van der Waals surface area contributed by atoms with Crippen molar-refractivity contribution in [3.8, 4) is 0 Å². The normalized spacial score (nSPS) is 25.5. The summed E-state index contributed by atoms with van der Waals surface area (Å²) in [6.07, 6.45) is 5.33. The maximum atomic E-state index is 3.72. The molecule has 2 rings (SSSR count). The number of nitrogens with one attached hydrogen (secondary N) is 1. The molecule has 0 amide bonds. The summed E-state index contributed by atoms with van der Waals surface area (Å²) in [5.41, 5.74) is 1.65. The highest BCUT2D eigenvalue weighted by atomic mass is 79.9. The zero-order chi connectivity index (χ0) is 9.80. The second kappa shape index (κ2) is 5.29. The molecule has 1 aliphatic carbocycles. The molecule has 0 bridgehead atoms. The Bertz CT molecular complexity index is 219. The van der Waals surface area contributed by atoms with E-state index in [9.17, 15) is 0 Å². The minimum atomic E-state index is 1.16. The lowest BCUT2D eigenvalue weighted by Crippen LogP contribution is -2.44. The van der Waals surface area contributed by atoms with Gasteiger partial charge in [-0.15, -0.1) is 0 Å². The molecular formula is C11H19BrN2. The van der Waals surface area contributed by atoms with E-state index in [1.807, 2.05) is 0 Å². The Morgan fingerprint density at radius 1 is 1.14 bits per heavy atom. The second-order valence-corrected chi connectivity index (χ2v) is 5.20. The van der Waals surface area contributed by atoms with Crippen LogP contribution in [0, 0.1) is 0 Å². The highest BCUT2D eigenvalue weighted by molar-refractivity contribution is 9.11. The molecule has 0 aromatic heterocycles. The Kier molecular flexibility index (Phi) is 4.02. The van der Waals surface area contributed by atoms with Crippen LogP contribution in [0.5, 0.6) is 0 Å². The molecule has 0 radical (unpaired) electrons. The Morgan fingerprint density at radius 3 is 2.57 bits per heavy atom. The lowest BCUT2D eigenvalue weighted by Gasteiger charge is -2.29. The zero-order valence-electron chi connectivity index (χ0n) is 8.69. The van der Waals surface area contributed by atoms with Gasteiger partial charge in [0.15, 0.2) is 0 Å². The van der Waals surface area contributed by atoms with Crippen molar-refractivity contribution in [1.82, 2.24) is 10.2 Å². The molecule has 0 unspecified atom stereocenters. The fraction of sp³-hybridized carbons (Fsp3) is 0.818. The van der Waals surface area contributed by atoms with Crippen LogP contribution >= 0.6 is 15.9 Å². The van der Waals surface area contributed by atoms with E-state index in [1.165, 1.54) is 49.8 Å². The molecular weight excluding hydrogens is 240 g/mol. The van der Waals surface area contributed by atoms with Crippen molar-refractivity contribution < 1.29 is 0 Å². The van der Waals surface area contributed by atoms with Crippen LogP contribution < -0.4 is 5.32 Å². The van der Waals surface area contributed by atoms with E-state index in [0.717, 1.165) is 13.1 Å². The van der Waals surface area contributed by atoms with Gasteiger partial charge in [0.2, 0.25) is 0 Å². The first-order valence-electron chi connectivity index (χ1n) is 5.66. The number of halogens is 1. The molecule has 0 aromatic rings. The van der Waals surface area contributed by atoms with Crippen LogP contribution in [-0.2, 0) is 0 Å². The van der Waals surface area contributed by atoms with E-state index in [0.29, 0.717) is 0 Å². The minimum absolute atomic E-state index is 1.16. The van der Waals surface area contributed by atoms with E-state index >= 15 is 0 Å². The van der Waals surface area contributed by atoms with E-state index in [1.54, 1.807) is 5.57 Å². The summed E-state index contributed by atoms with van der Waals surface area (Å²) >= 11 is 3.72. The molecule has 3 heteroatoms. The lowest BCUT2D eigenvalue weighted by atomic mass is 9.99. The van der Waals surface area contributed by atoms with Crippen molar-refractivity contribution in [3.63, 3.8) is 0 Å². The largest absolute Gasteiger partial charge is 0.314 e. The molecule has 2 nitrogen and oxygen atoms in total. The number of nitrogens with zero attached hydrogens (tertiary/aromatic N) is 1. The van der Waals surface area contributed by atoms with Gasteiger partial charge in [0, 0.05) is 32.7 Å². The molecule has 0 spiro atoms. The minimum Gasteiger partial charge on any atom is -0.314 e. The van der Waals surface area contributed by atoms with Crippen molar-refractivity contribution in [2.24, 2.45) is 0 Å². The first-order valence-corrected chi connectivity index (χ1v) is 6.45. The van der Waals surface area contributed by atoms with Gasteiger partial charge in [-0.1, -0.05) is 15.9 Å². The molecule has 0 atom stereocenters. The molecule has 1 aliphatic heterocycles. The predicted molar refractivity (Wildman–Crippen MR) is 63.7 cm³/mol. The molecule has 0 saturated carbocycles. The van der Waals surface area contributed by atoms with Crippen LogP contribution in [0.4, 0.5) is 0 Å². The third-order valence-electron chi connectivity index (χ3n) is 3.13. The molecule has 80 valence electrons. The van der Waals surface area contributed by atoms with Crippen LogP contribution in [0.1, 0.15) is 25.7 Å². The van der Waals surface area contributed by atoms with Gasteiger partial charge in [-0.2, -0.15) is 0 Å². The summed E-state index contributed by atoms with van der Waals surface area (Å²) in [4.78, 5) is 2.57. The molecule has 1 fully saturated rings. The van der Waals surface area contributed by atoms with Crippen molar-refractivity contribution >= 4 is 15.9 Å². The Hall–Kier alpha value is 0.140. The van der Waals surface area contributed by atoms with Crippen molar-refractivity contribution in [1.29, 1.82) is 0 Å². The Balaban J connectivity index is 1.88. The van der Waals surface area contributed by atoms with Gasteiger partial charge in [0.1, 0.15) is 0 Å². The summed E-state index contributed by atoms with van der Waals surface area (Å²) in [6.45, 7) is 5.94. The Labute approximate surface area is 94.9 Å². The second-order valence-electron chi connectivity index (χ2n) is 4.24. The van der Waals surface area contributed by atoms with Gasteiger partial charge in [0.25, 0.3) is 0 Å². The van der Waals surface area contributed by atoms with Crippen LogP contribution in [0.25, 0.3) is 0 Å². The smallest absolute Gasteiger partial charge is 0.0204 e. The maximum Gasteiger partial charge on any atom is 0.0204 e. The van der Waals surface area contributed by atoms with Crippen molar-refractivity contribution in [2.45, 2.75) is 25.7 Å². The highest BCUT2D eigenvalue weighted by Gasteiger charge is 2.15. The average Bonchev–Trinajstić information content (AvgIpc) is 2.23. The molecule has 1 N–H and O–H groups in total. The zero-order valence-corrected chi connectivity index (χ0v) is 10.3. The molecule has 0 aromatic carbocycles. The lowest BCUT2D eigenvalue weighted by molar-refractivity contribution is 0.256. The van der Waals surface area contributed by atoms with E-state index in [2.05, 4.69) is 26.1 Å². The SMILES string of the molecule is BrC1=C(CN2CCNCC2)CCCC1. The number of hydrogen-bond donors (Lipinski definition) is 1. The first kappa shape index (κ1) is 10.7. The van der Waals surface area contributed by atoms with Gasteiger partial charge < -0.3 is 5.32 Å². The third kappa shape index (κ3) is 2.81. The average molecular weight is 259 g/mol. The van der Waals surface area contributed by atoms with Gasteiger partial charge in [0.05, 0.1) is 0 Å². The Morgan fingerprint density at radius 2 is 1.86 bits per heavy atom. The summed E-state index contributed by atoms with van der Waals surface area (Å²) in [7, 11) is 0. The number of hydrogen-bond acceptors (Lipinski definition) is 2. The van der Waals surface area contributed by atoms with Gasteiger partial charge in [-0.25, -0.2) is 0 Å². The molecule has 2 aliphatic rings. The highest BCUT2D eigenvalue weighted by Crippen LogP contribution is 2.29. The predicted octanol–water partition coefficient (Wildman–Crippen LogP) is 2.11. The van der Waals surface area contributed by atoms with Gasteiger partial charge in [-0.3, -0.25) is 4.90 Å². The summed E-state index contributed by atoms with van der Waals surface area (Å²) < 4.78 is 1.49. The number of piperazine rings is 1. The maximum absolute atomic E-state index is 3.72. The monoisotopic (exact) mass is 258 g/mol. The fourth-order valence-corrected chi connectivity index (χ4v) is 2.84. The van der Waals surface area contributed by atoms with Crippen LogP contribution in [0.3, 0.4) is 0 Å². The molecule has 14 heavy (non-hydrogen) atoms. The topological polar surface area (TPSA) is 15.3 Å². The van der Waals surface area contributed by atoms with Gasteiger partial charge >= 0.3 is 0 Å². The first-order chi connectivity index (χ1) is 6.86. The molecule has 1 heterocycles. The number of rotatable bonds is 2. The van der Waals surface area contributed by atoms with E-state index < -0.39 is 0 Å². The van der Waals surface area contributed by atoms with E-state index in [4.69, 9.17) is 0 Å². The van der Waals surface area contributed by atoms with Crippen LogP contribution in [0.15, 0.2) is 10.1 Å². The standard InChI is InChI=1S/C11H19BrN2/c12-11-4-2-1-3-10(11)9-14-7-5-13-6-8-14/h13H,1-9H2. The third-order valence-corrected chi connectivity index (χ3v) is 4.09. The molecule has 1 saturated heterocycles. The summed E-state index contributed by atoms with van der Waals surface area (Å²) in [5, 5.41) is 3.39. The summed E-state index contributed by atoms with van der Waals surface area (Å²) in [6, 6.07) is 0. The van der Waals surface area contributed by atoms with E-state index in [-0.39, 0.29) is 0 Å². The number of allylic oxidation sites excluding steroid dienone is 1. The van der Waals surface area contributed by atoms with Crippen molar-refractivity contribution in [3.05, 3.63) is 10.1 Å². The summed E-state index contributed by atoms with van der Waals surface area (Å²) in [5.74, 6) is 0. The van der Waals surface area contributed by atoms with Gasteiger partial charge in [-0.05, 0) is 35.7 Å². The van der Waals surface area contributed by atoms with Crippen molar-refractivity contribution in [2.75, 3.05) is 32.7 Å².